The zero-order valence-corrected chi connectivity index (χ0v) is 10.0. The van der Waals surface area contributed by atoms with Gasteiger partial charge in [0.1, 0.15) is 11.5 Å². The molecule has 0 radical (unpaired) electrons. The summed E-state index contributed by atoms with van der Waals surface area (Å²) in [5, 5.41) is 2.21. The van der Waals surface area contributed by atoms with Crippen molar-refractivity contribution in [3.8, 4) is 11.5 Å². The maximum Gasteiger partial charge on any atom is 0.123 e. The first-order valence-electron chi connectivity index (χ1n) is 4.99. The van der Waals surface area contributed by atoms with Crippen LogP contribution in [0, 0.1) is 0 Å². The molecule has 0 fully saturated rings. The lowest BCUT2D eigenvalue weighted by Gasteiger charge is -2.10. The summed E-state index contributed by atoms with van der Waals surface area (Å²) in [5.74, 6) is 2.07. The fourth-order valence-electron chi connectivity index (χ4n) is 1.80. The van der Waals surface area contributed by atoms with Gasteiger partial charge < -0.3 is 9.47 Å². The minimum absolute atomic E-state index is 0.424. The third-order valence-electron chi connectivity index (χ3n) is 2.65. The number of hydrogen-bond donors (Lipinski definition) is 0. The number of rotatable bonds is 3. The number of halogens is 1. The van der Waals surface area contributed by atoms with Gasteiger partial charge in [0, 0.05) is 5.56 Å². The van der Waals surface area contributed by atoms with Gasteiger partial charge in [0.25, 0.3) is 0 Å². The van der Waals surface area contributed by atoms with Gasteiger partial charge in [-0.1, -0.05) is 12.1 Å². The smallest absolute Gasteiger partial charge is 0.123 e. The molecule has 0 aliphatic heterocycles. The Bertz CT molecular complexity index is 503. The average molecular weight is 237 g/mol. The van der Waals surface area contributed by atoms with Crippen molar-refractivity contribution in [2.24, 2.45) is 0 Å². The molecule has 0 aliphatic rings. The molecule has 0 heterocycles. The Morgan fingerprint density at radius 1 is 1.06 bits per heavy atom. The van der Waals surface area contributed by atoms with Crippen LogP contribution in [0.25, 0.3) is 10.8 Å². The largest absolute Gasteiger partial charge is 0.497 e. The molecular weight excluding hydrogens is 224 g/mol. The van der Waals surface area contributed by atoms with Crippen molar-refractivity contribution in [2.75, 3.05) is 14.2 Å². The zero-order valence-electron chi connectivity index (χ0n) is 9.29. The van der Waals surface area contributed by atoms with E-state index in [9.17, 15) is 0 Å². The van der Waals surface area contributed by atoms with Gasteiger partial charge in [-0.3, -0.25) is 0 Å². The molecule has 2 nitrogen and oxygen atoms in total. The molecule has 0 spiro atoms. The molecule has 0 saturated heterocycles. The van der Waals surface area contributed by atoms with Crippen LogP contribution in [-0.2, 0) is 5.88 Å². The summed E-state index contributed by atoms with van der Waals surface area (Å²) in [4.78, 5) is 0. The molecular formula is C13H13ClO2. The Balaban J connectivity index is 2.73. The van der Waals surface area contributed by atoms with Crippen molar-refractivity contribution in [1.29, 1.82) is 0 Å². The molecule has 2 aromatic rings. The number of benzene rings is 2. The van der Waals surface area contributed by atoms with Crippen molar-refractivity contribution in [3.63, 3.8) is 0 Å². The second-order valence-electron chi connectivity index (χ2n) is 3.47. The van der Waals surface area contributed by atoms with Gasteiger partial charge in [0.05, 0.1) is 20.1 Å². The predicted molar refractivity (Wildman–Crippen MR) is 66.6 cm³/mol. The highest BCUT2D eigenvalue weighted by Crippen LogP contribution is 2.31. The number of alkyl halides is 1. The Labute approximate surface area is 99.7 Å². The van der Waals surface area contributed by atoms with E-state index in [2.05, 4.69) is 0 Å². The van der Waals surface area contributed by atoms with E-state index < -0.39 is 0 Å². The van der Waals surface area contributed by atoms with Gasteiger partial charge in [-0.2, -0.15) is 0 Å². The van der Waals surface area contributed by atoms with Crippen molar-refractivity contribution in [1.82, 2.24) is 0 Å². The zero-order chi connectivity index (χ0) is 11.5. The SMILES string of the molecule is COc1ccc2ccc(OC)c(CCl)c2c1. The minimum atomic E-state index is 0.424. The lowest BCUT2D eigenvalue weighted by Crippen LogP contribution is -1.91. The maximum atomic E-state index is 5.96. The predicted octanol–water partition coefficient (Wildman–Crippen LogP) is 3.60. The summed E-state index contributed by atoms with van der Waals surface area (Å²) in [6, 6.07) is 9.89. The fraction of sp³-hybridized carbons (Fsp3) is 0.231. The number of fused-ring (bicyclic) bond motifs is 1. The lowest BCUT2D eigenvalue weighted by atomic mass is 10.0. The summed E-state index contributed by atoms with van der Waals surface area (Å²) in [5.41, 5.74) is 1.00. The summed E-state index contributed by atoms with van der Waals surface area (Å²) >= 11 is 5.96. The second-order valence-corrected chi connectivity index (χ2v) is 3.73. The van der Waals surface area contributed by atoms with Crippen molar-refractivity contribution in [3.05, 3.63) is 35.9 Å². The van der Waals surface area contributed by atoms with Gasteiger partial charge in [0.15, 0.2) is 0 Å². The van der Waals surface area contributed by atoms with E-state index in [0.717, 1.165) is 27.8 Å². The van der Waals surface area contributed by atoms with Crippen molar-refractivity contribution >= 4 is 22.4 Å². The fourth-order valence-corrected chi connectivity index (χ4v) is 2.07. The third-order valence-corrected chi connectivity index (χ3v) is 2.92. The van der Waals surface area contributed by atoms with Crippen LogP contribution in [0.4, 0.5) is 0 Å². The van der Waals surface area contributed by atoms with E-state index in [1.54, 1.807) is 14.2 Å². The quantitative estimate of drug-likeness (QED) is 0.759. The third kappa shape index (κ3) is 1.81. The maximum absolute atomic E-state index is 5.96. The molecule has 0 aromatic heterocycles. The highest BCUT2D eigenvalue weighted by molar-refractivity contribution is 6.18. The average Bonchev–Trinajstić information content (AvgIpc) is 2.36. The van der Waals surface area contributed by atoms with Crippen LogP contribution < -0.4 is 9.47 Å². The first kappa shape index (κ1) is 11.1. The van der Waals surface area contributed by atoms with Crippen LogP contribution in [0.1, 0.15) is 5.56 Å². The molecule has 16 heavy (non-hydrogen) atoms. The summed E-state index contributed by atoms with van der Waals surface area (Å²) in [6.45, 7) is 0. The first-order chi connectivity index (χ1) is 7.80. The summed E-state index contributed by atoms with van der Waals surface area (Å²) < 4.78 is 10.5. The molecule has 0 N–H and O–H groups in total. The van der Waals surface area contributed by atoms with Crippen LogP contribution >= 0.6 is 11.6 Å². The van der Waals surface area contributed by atoms with Crippen LogP contribution in [0.2, 0.25) is 0 Å². The van der Waals surface area contributed by atoms with Gasteiger partial charge in [-0.05, 0) is 29.0 Å². The van der Waals surface area contributed by atoms with Crippen molar-refractivity contribution in [2.45, 2.75) is 5.88 Å². The highest BCUT2D eigenvalue weighted by Gasteiger charge is 2.07. The normalized spacial score (nSPS) is 10.4. The number of ether oxygens (including phenoxy) is 2. The molecule has 0 aliphatic carbocycles. The molecule has 0 atom stereocenters. The van der Waals surface area contributed by atoms with E-state index in [-0.39, 0.29) is 0 Å². The molecule has 3 heteroatoms. The van der Waals surface area contributed by atoms with Gasteiger partial charge in [-0.25, -0.2) is 0 Å². The summed E-state index contributed by atoms with van der Waals surface area (Å²) in [6.07, 6.45) is 0. The van der Waals surface area contributed by atoms with Crippen molar-refractivity contribution < 1.29 is 9.47 Å². The number of methoxy groups -OCH3 is 2. The standard InChI is InChI=1S/C13H13ClO2/c1-15-10-5-3-9-4-6-13(16-2)12(8-14)11(9)7-10/h3-7H,8H2,1-2H3. The van der Waals surface area contributed by atoms with E-state index in [4.69, 9.17) is 21.1 Å². The molecule has 2 aromatic carbocycles. The Kier molecular flexibility index (Phi) is 3.20. The van der Waals surface area contributed by atoms with Crippen LogP contribution in [0.3, 0.4) is 0 Å². The minimum Gasteiger partial charge on any atom is -0.497 e. The van der Waals surface area contributed by atoms with E-state index in [1.807, 2.05) is 30.3 Å². The van der Waals surface area contributed by atoms with E-state index in [1.165, 1.54) is 0 Å². The molecule has 0 saturated carbocycles. The van der Waals surface area contributed by atoms with Gasteiger partial charge >= 0.3 is 0 Å². The van der Waals surface area contributed by atoms with Crippen LogP contribution in [-0.4, -0.2) is 14.2 Å². The van der Waals surface area contributed by atoms with E-state index >= 15 is 0 Å². The lowest BCUT2D eigenvalue weighted by molar-refractivity contribution is 0.411. The highest BCUT2D eigenvalue weighted by atomic mass is 35.5. The molecule has 0 bridgehead atoms. The van der Waals surface area contributed by atoms with Gasteiger partial charge in [-0.15, -0.1) is 11.6 Å². The number of hydrogen-bond acceptors (Lipinski definition) is 2. The topological polar surface area (TPSA) is 18.5 Å². The van der Waals surface area contributed by atoms with E-state index in [0.29, 0.717) is 5.88 Å². The van der Waals surface area contributed by atoms with Crippen LogP contribution in [0.5, 0.6) is 11.5 Å². The molecule has 84 valence electrons. The summed E-state index contributed by atoms with van der Waals surface area (Å²) in [7, 11) is 3.30. The van der Waals surface area contributed by atoms with Crippen LogP contribution in [0.15, 0.2) is 30.3 Å². The first-order valence-corrected chi connectivity index (χ1v) is 5.53. The Hall–Kier alpha value is -1.41. The second kappa shape index (κ2) is 4.62. The molecule has 0 unspecified atom stereocenters. The Morgan fingerprint density at radius 3 is 2.44 bits per heavy atom. The molecule has 0 amide bonds. The molecule has 2 rings (SSSR count). The monoisotopic (exact) mass is 236 g/mol. The Morgan fingerprint density at radius 2 is 1.81 bits per heavy atom. The van der Waals surface area contributed by atoms with Gasteiger partial charge in [0.2, 0.25) is 0 Å².